The van der Waals surface area contributed by atoms with Crippen LogP contribution in [0.4, 0.5) is 11.6 Å². The van der Waals surface area contributed by atoms with E-state index in [0.717, 1.165) is 25.5 Å². The summed E-state index contributed by atoms with van der Waals surface area (Å²) in [5.41, 5.74) is 5.74. The van der Waals surface area contributed by atoms with Crippen LogP contribution in [0.15, 0.2) is 12.4 Å². The molecule has 0 spiro atoms. The summed E-state index contributed by atoms with van der Waals surface area (Å²) in [5.74, 6) is 1.25. The van der Waals surface area contributed by atoms with Crippen molar-refractivity contribution < 1.29 is 4.74 Å². The molecule has 1 atom stereocenters. The molecule has 0 aromatic carbocycles. The zero-order valence-corrected chi connectivity index (χ0v) is 8.18. The van der Waals surface area contributed by atoms with Crippen LogP contribution in [0.25, 0.3) is 0 Å². The zero-order valence-electron chi connectivity index (χ0n) is 8.18. The molecule has 2 rings (SSSR count). The molecule has 1 fully saturated rings. The van der Waals surface area contributed by atoms with E-state index >= 15 is 0 Å². The molecule has 5 heteroatoms. The Hall–Kier alpha value is -1.36. The highest BCUT2D eigenvalue weighted by Gasteiger charge is 2.19. The fraction of sp³-hybridized carbons (Fsp3) is 0.556. The van der Waals surface area contributed by atoms with Gasteiger partial charge in [-0.05, 0) is 6.92 Å². The molecular weight excluding hydrogens is 180 g/mol. The van der Waals surface area contributed by atoms with E-state index in [1.54, 1.807) is 12.4 Å². The predicted octanol–water partition coefficient (Wildman–Crippen LogP) is 0.284. The van der Waals surface area contributed by atoms with Crippen LogP contribution in [-0.4, -0.2) is 35.8 Å². The van der Waals surface area contributed by atoms with Crippen molar-refractivity contribution in [3.8, 4) is 0 Å². The van der Waals surface area contributed by atoms with Crippen molar-refractivity contribution in [2.75, 3.05) is 30.3 Å². The van der Waals surface area contributed by atoms with Gasteiger partial charge in [0.2, 0.25) is 0 Å². The maximum Gasteiger partial charge on any atom is 0.171 e. The number of nitrogen functional groups attached to an aromatic ring is 1. The highest BCUT2D eigenvalue weighted by atomic mass is 16.5. The Kier molecular flexibility index (Phi) is 2.49. The van der Waals surface area contributed by atoms with Gasteiger partial charge in [-0.3, -0.25) is 0 Å². The minimum Gasteiger partial charge on any atom is -0.381 e. The van der Waals surface area contributed by atoms with Gasteiger partial charge in [-0.1, -0.05) is 0 Å². The molecule has 0 aliphatic carbocycles. The van der Waals surface area contributed by atoms with Gasteiger partial charge < -0.3 is 15.4 Å². The Morgan fingerprint density at radius 3 is 3.00 bits per heavy atom. The summed E-state index contributed by atoms with van der Waals surface area (Å²) in [4.78, 5) is 10.3. The second-order valence-corrected chi connectivity index (χ2v) is 3.39. The highest BCUT2D eigenvalue weighted by molar-refractivity contribution is 5.57. The van der Waals surface area contributed by atoms with Crippen LogP contribution in [0.3, 0.4) is 0 Å². The quantitative estimate of drug-likeness (QED) is 0.695. The van der Waals surface area contributed by atoms with Crippen LogP contribution in [0.1, 0.15) is 6.92 Å². The first kappa shape index (κ1) is 9.21. The Labute approximate surface area is 82.9 Å². The van der Waals surface area contributed by atoms with Gasteiger partial charge in [-0.25, -0.2) is 9.97 Å². The summed E-state index contributed by atoms with van der Waals surface area (Å²) >= 11 is 0. The van der Waals surface area contributed by atoms with Gasteiger partial charge in [-0.2, -0.15) is 0 Å². The molecule has 5 nitrogen and oxygen atoms in total. The lowest BCUT2D eigenvalue weighted by Gasteiger charge is -2.32. The van der Waals surface area contributed by atoms with Gasteiger partial charge in [-0.15, -0.1) is 0 Å². The van der Waals surface area contributed by atoms with Gasteiger partial charge in [0.05, 0.1) is 12.7 Å². The SMILES string of the molecule is C[C@@H]1CN(c2nccnc2N)CCO1. The number of hydrogen-bond acceptors (Lipinski definition) is 5. The van der Waals surface area contributed by atoms with Crippen LogP contribution in [0, 0.1) is 0 Å². The standard InChI is InChI=1S/C9H14N4O/c1-7-6-13(4-5-14-7)9-8(10)11-2-3-12-9/h2-3,7H,4-6H2,1H3,(H2,10,11)/t7-/m1/s1. The summed E-state index contributed by atoms with van der Waals surface area (Å²) < 4.78 is 5.44. The van der Waals surface area contributed by atoms with Gasteiger partial charge in [0, 0.05) is 25.5 Å². The fourth-order valence-electron chi connectivity index (χ4n) is 1.60. The number of nitrogens with zero attached hydrogens (tertiary/aromatic N) is 3. The minimum absolute atomic E-state index is 0.227. The van der Waals surface area contributed by atoms with E-state index in [2.05, 4.69) is 14.9 Å². The maximum atomic E-state index is 5.74. The molecular formula is C9H14N4O. The molecule has 0 radical (unpaired) electrons. The highest BCUT2D eigenvalue weighted by Crippen LogP contribution is 2.19. The van der Waals surface area contributed by atoms with Crippen molar-refractivity contribution in [2.24, 2.45) is 0 Å². The predicted molar refractivity (Wildman–Crippen MR) is 54.1 cm³/mol. The van der Waals surface area contributed by atoms with Gasteiger partial charge in [0.1, 0.15) is 0 Å². The third-order valence-electron chi connectivity index (χ3n) is 2.25. The number of rotatable bonds is 1. The van der Waals surface area contributed by atoms with E-state index in [4.69, 9.17) is 10.5 Å². The normalized spacial score (nSPS) is 22.4. The summed E-state index contributed by atoms with van der Waals surface area (Å²) in [6, 6.07) is 0. The molecule has 1 aromatic heterocycles. The third kappa shape index (κ3) is 1.77. The van der Waals surface area contributed by atoms with E-state index in [1.165, 1.54) is 0 Å². The number of hydrogen-bond donors (Lipinski definition) is 1. The number of ether oxygens (including phenoxy) is 1. The molecule has 2 N–H and O–H groups in total. The monoisotopic (exact) mass is 194 g/mol. The number of anilines is 2. The van der Waals surface area contributed by atoms with Crippen molar-refractivity contribution in [1.82, 2.24) is 9.97 Å². The number of nitrogens with two attached hydrogens (primary N) is 1. The molecule has 1 aliphatic rings. The van der Waals surface area contributed by atoms with Crippen LogP contribution in [0.2, 0.25) is 0 Å². The van der Waals surface area contributed by atoms with Crippen LogP contribution in [0.5, 0.6) is 0 Å². The van der Waals surface area contributed by atoms with Crippen molar-refractivity contribution in [2.45, 2.75) is 13.0 Å². The summed E-state index contributed by atoms with van der Waals surface area (Å²) in [6.07, 6.45) is 3.49. The third-order valence-corrected chi connectivity index (χ3v) is 2.25. The molecule has 0 unspecified atom stereocenters. The number of aromatic nitrogens is 2. The van der Waals surface area contributed by atoms with Gasteiger partial charge in [0.15, 0.2) is 11.6 Å². The molecule has 76 valence electrons. The molecule has 0 bridgehead atoms. The topological polar surface area (TPSA) is 64.3 Å². The van der Waals surface area contributed by atoms with E-state index in [1.807, 2.05) is 6.92 Å². The van der Waals surface area contributed by atoms with Crippen molar-refractivity contribution in [1.29, 1.82) is 0 Å². The summed E-state index contributed by atoms with van der Waals surface area (Å²) in [5, 5.41) is 0. The lowest BCUT2D eigenvalue weighted by Crippen LogP contribution is -2.41. The average molecular weight is 194 g/mol. The van der Waals surface area contributed by atoms with E-state index in [0.29, 0.717) is 5.82 Å². The molecule has 0 amide bonds. The van der Waals surface area contributed by atoms with E-state index in [9.17, 15) is 0 Å². The lowest BCUT2D eigenvalue weighted by atomic mass is 10.3. The molecule has 1 aliphatic heterocycles. The van der Waals surface area contributed by atoms with Crippen LogP contribution in [-0.2, 0) is 4.74 Å². The molecule has 1 saturated heterocycles. The zero-order chi connectivity index (χ0) is 9.97. The van der Waals surface area contributed by atoms with Crippen molar-refractivity contribution in [3.63, 3.8) is 0 Å². The van der Waals surface area contributed by atoms with Gasteiger partial charge >= 0.3 is 0 Å². The first-order valence-corrected chi connectivity index (χ1v) is 4.70. The first-order valence-electron chi connectivity index (χ1n) is 4.70. The van der Waals surface area contributed by atoms with Crippen LogP contribution >= 0.6 is 0 Å². The Morgan fingerprint density at radius 1 is 1.50 bits per heavy atom. The molecule has 1 aromatic rings. The van der Waals surface area contributed by atoms with E-state index in [-0.39, 0.29) is 6.10 Å². The largest absolute Gasteiger partial charge is 0.381 e. The molecule has 0 saturated carbocycles. The van der Waals surface area contributed by atoms with Crippen molar-refractivity contribution >= 4 is 11.6 Å². The fourth-order valence-corrected chi connectivity index (χ4v) is 1.60. The van der Waals surface area contributed by atoms with Gasteiger partial charge in [0.25, 0.3) is 0 Å². The molecule has 14 heavy (non-hydrogen) atoms. The lowest BCUT2D eigenvalue weighted by molar-refractivity contribution is 0.0530. The second-order valence-electron chi connectivity index (χ2n) is 3.39. The Balaban J connectivity index is 2.18. The Morgan fingerprint density at radius 2 is 2.29 bits per heavy atom. The van der Waals surface area contributed by atoms with Crippen LogP contribution < -0.4 is 10.6 Å². The summed E-state index contributed by atoms with van der Waals surface area (Å²) in [6.45, 7) is 4.41. The average Bonchev–Trinajstić information content (AvgIpc) is 2.18. The summed E-state index contributed by atoms with van der Waals surface area (Å²) in [7, 11) is 0. The number of morpholine rings is 1. The maximum absolute atomic E-state index is 5.74. The Bertz CT molecular complexity index is 317. The minimum atomic E-state index is 0.227. The second kappa shape index (κ2) is 3.79. The first-order chi connectivity index (χ1) is 6.77. The molecule has 2 heterocycles. The van der Waals surface area contributed by atoms with Crippen molar-refractivity contribution in [3.05, 3.63) is 12.4 Å². The smallest absolute Gasteiger partial charge is 0.171 e. The van der Waals surface area contributed by atoms with E-state index < -0.39 is 0 Å².